The van der Waals surface area contributed by atoms with E-state index in [9.17, 15) is 14.7 Å². The Balaban J connectivity index is 1.56. The maximum Gasteiger partial charge on any atom is 0.336 e. The van der Waals surface area contributed by atoms with Gasteiger partial charge in [0.1, 0.15) is 10.7 Å². The average Bonchev–Trinajstić information content (AvgIpc) is 3.25. The van der Waals surface area contributed by atoms with Gasteiger partial charge in [0, 0.05) is 37.1 Å². The molecule has 2 heterocycles. The number of nitrogens with zero attached hydrogens (tertiary/aromatic N) is 2. The number of carboxylic acids is 1. The van der Waals surface area contributed by atoms with Crippen LogP contribution in [0.4, 0.5) is 11.4 Å². The van der Waals surface area contributed by atoms with Crippen molar-refractivity contribution < 1.29 is 14.7 Å². The van der Waals surface area contributed by atoms with Crippen molar-refractivity contribution in [2.24, 2.45) is 0 Å². The van der Waals surface area contributed by atoms with Gasteiger partial charge in [0.2, 0.25) is 0 Å². The van der Waals surface area contributed by atoms with Crippen molar-refractivity contribution in [1.82, 2.24) is 10.3 Å². The molecule has 8 heteroatoms. The topological polar surface area (TPSA) is 94.6 Å². The summed E-state index contributed by atoms with van der Waals surface area (Å²) < 4.78 is 0. The Labute approximate surface area is 172 Å². The van der Waals surface area contributed by atoms with Gasteiger partial charge in [-0.3, -0.25) is 4.79 Å². The highest BCUT2D eigenvalue weighted by Gasteiger charge is 2.19. The first kappa shape index (κ1) is 19.1. The van der Waals surface area contributed by atoms with Gasteiger partial charge in [0.25, 0.3) is 5.91 Å². The third kappa shape index (κ3) is 4.13. The van der Waals surface area contributed by atoms with E-state index >= 15 is 0 Å². The third-order valence-corrected chi connectivity index (χ3v) is 5.61. The molecule has 1 aliphatic heterocycles. The molecule has 1 fully saturated rings. The van der Waals surface area contributed by atoms with Gasteiger partial charge < -0.3 is 20.6 Å². The Hall–Kier alpha value is -3.23. The SMILES string of the molecule is O=C(Nc1ccccc1N1CCNCC1)c1csc(-c2ccccc2C(=O)O)n1. The number of rotatable bonds is 5. The van der Waals surface area contributed by atoms with Gasteiger partial charge >= 0.3 is 5.97 Å². The molecule has 2 aromatic carbocycles. The largest absolute Gasteiger partial charge is 0.478 e. The molecule has 0 atom stereocenters. The first-order valence-electron chi connectivity index (χ1n) is 9.28. The Kier molecular flexibility index (Phi) is 5.55. The lowest BCUT2D eigenvalue weighted by molar-refractivity contribution is 0.0697. The number of nitrogens with one attached hydrogen (secondary N) is 2. The zero-order valence-corrected chi connectivity index (χ0v) is 16.4. The van der Waals surface area contributed by atoms with Gasteiger partial charge in [-0.25, -0.2) is 9.78 Å². The molecule has 0 unspecified atom stereocenters. The average molecular weight is 408 g/mol. The summed E-state index contributed by atoms with van der Waals surface area (Å²) in [6.45, 7) is 3.56. The summed E-state index contributed by atoms with van der Waals surface area (Å²) in [7, 11) is 0. The van der Waals surface area contributed by atoms with Crippen molar-refractivity contribution in [3.8, 4) is 10.6 Å². The van der Waals surface area contributed by atoms with E-state index in [0.717, 1.165) is 37.6 Å². The molecule has 1 aliphatic rings. The van der Waals surface area contributed by atoms with Crippen LogP contribution in [-0.4, -0.2) is 48.1 Å². The Bertz CT molecular complexity index is 1040. The monoisotopic (exact) mass is 408 g/mol. The highest BCUT2D eigenvalue weighted by Crippen LogP contribution is 2.29. The minimum Gasteiger partial charge on any atom is -0.478 e. The lowest BCUT2D eigenvalue weighted by Gasteiger charge is -2.31. The van der Waals surface area contributed by atoms with E-state index in [1.165, 1.54) is 17.4 Å². The van der Waals surface area contributed by atoms with Crippen molar-refractivity contribution in [2.45, 2.75) is 0 Å². The standard InChI is InChI=1S/C21H20N4O3S/c26-19(23-16-7-3-4-8-18(16)25-11-9-22-10-12-25)17-13-29-20(24-17)14-5-1-2-6-15(14)21(27)28/h1-8,13,22H,9-12H2,(H,23,26)(H,27,28). The predicted octanol–water partition coefficient (Wildman–Crippen LogP) is 3.17. The fourth-order valence-corrected chi connectivity index (χ4v) is 4.14. The van der Waals surface area contributed by atoms with E-state index in [4.69, 9.17) is 0 Å². The van der Waals surface area contributed by atoms with Crippen LogP contribution in [0, 0.1) is 0 Å². The summed E-state index contributed by atoms with van der Waals surface area (Å²) in [5, 5.41) is 17.8. The van der Waals surface area contributed by atoms with Crippen LogP contribution in [0.15, 0.2) is 53.9 Å². The van der Waals surface area contributed by atoms with Crippen LogP contribution in [0.5, 0.6) is 0 Å². The summed E-state index contributed by atoms with van der Waals surface area (Å²) in [4.78, 5) is 30.9. The summed E-state index contributed by atoms with van der Waals surface area (Å²) in [6, 6.07) is 14.4. The van der Waals surface area contributed by atoms with Gasteiger partial charge in [-0.2, -0.15) is 0 Å². The molecule has 0 bridgehead atoms. The minimum absolute atomic E-state index is 0.165. The van der Waals surface area contributed by atoms with Crippen molar-refractivity contribution in [3.63, 3.8) is 0 Å². The number of hydrogen-bond acceptors (Lipinski definition) is 6. The minimum atomic E-state index is -1.02. The van der Waals surface area contributed by atoms with E-state index in [-0.39, 0.29) is 17.2 Å². The smallest absolute Gasteiger partial charge is 0.336 e. The molecule has 1 saturated heterocycles. The number of thiazole rings is 1. The molecule has 0 aliphatic carbocycles. The number of benzene rings is 2. The van der Waals surface area contributed by atoms with Crippen LogP contribution in [0.3, 0.4) is 0 Å². The van der Waals surface area contributed by atoms with Gasteiger partial charge in [-0.1, -0.05) is 30.3 Å². The highest BCUT2D eigenvalue weighted by atomic mass is 32.1. The van der Waals surface area contributed by atoms with Crippen LogP contribution in [0.1, 0.15) is 20.8 Å². The number of carboxylic acid groups (broad SMARTS) is 1. The predicted molar refractivity (Wildman–Crippen MR) is 114 cm³/mol. The molecule has 3 N–H and O–H groups in total. The maximum atomic E-state index is 12.8. The first-order valence-corrected chi connectivity index (χ1v) is 10.2. The van der Waals surface area contributed by atoms with Crippen molar-refractivity contribution in [3.05, 3.63) is 65.2 Å². The molecule has 0 spiro atoms. The van der Waals surface area contributed by atoms with Gasteiger partial charge in [0.05, 0.1) is 16.9 Å². The lowest BCUT2D eigenvalue weighted by Crippen LogP contribution is -2.43. The fraction of sp³-hybridized carbons (Fsp3) is 0.190. The molecular weight excluding hydrogens is 388 g/mol. The molecule has 3 aromatic rings. The lowest BCUT2D eigenvalue weighted by atomic mass is 10.1. The van der Waals surface area contributed by atoms with Crippen LogP contribution in [0.25, 0.3) is 10.6 Å². The molecule has 0 radical (unpaired) electrons. The van der Waals surface area contributed by atoms with Crippen LogP contribution < -0.4 is 15.5 Å². The van der Waals surface area contributed by atoms with E-state index in [1.54, 1.807) is 23.6 Å². The molecule has 7 nitrogen and oxygen atoms in total. The van der Waals surface area contributed by atoms with Gasteiger partial charge in [0.15, 0.2) is 0 Å². The van der Waals surface area contributed by atoms with Crippen molar-refractivity contribution in [2.75, 3.05) is 36.4 Å². The molecule has 0 saturated carbocycles. The maximum absolute atomic E-state index is 12.8. The van der Waals surface area contributed by atoms with Gasteiger partial charge in [-0.15, -0.1) is 11.3 Å². The summed E-state index contributed by atoms with van der Waals surface area (Å²) in [6.07, 6.45) is 0. The number of para-hydroxylation sites is 2. The molecule has 148 valence electrons. The number of piperazine rings is 1. The quantitative estimate of drug-likeness (QED) is 0.600. The van der Waals surface area contributed by atoms with Gasteiger partial charge in [-0.05, 0) is 18.2 Å². The van der Waals surface area contributed by atoms with E-state index in [2.05, 4.69) is 20.5 Å². The number of carbonyl (C=O) groups excluding carboxylic acids is 1. The first-order chi connectivity index (χ1) is 14.1. The Morgan fingerprint density at radius 1 is 1.07 bits per heavy atom. The van der Waals surface area contributed by atoms with Crippen LogP contribution in [-0.2, 0) is 0 Å². The second-order valence-corrected chi connectivity index (χ2v) is 7.46. The van der Waals surface area contributed by atoms with E-state index < -0.39 is 5.97 Å². The molecule has 1 amide bonds. The third-order valence-electron chi connectivity index (χ3n) is 4.73. The van der Waals surface area contributed by atoms with E-state index in [0.29, 0.717) is 10.6 Å². The number of anilines is 2. The van der Waals surface area contributed by atoms with E-state index in [1.807, 2.05) is 24.3 Å². The number of hydrogen-bond donors (Lipinski definition) is 3. The van der Waals surface area contributed by atoms with Crippen LogP contribution >= 0.6 is 11.3 Å². The van der Waals surface area contributed by atoms with Crippen molar-refractivity contribution in [1.29, 1.82) is 0 Å². The number of carbonyl (C=O) groups is 2. The number of aromatic nitrogens is 1. The highest BCUT2D eigenvalue weighted by molar-refractivity contribution is 7.13. The second-order valence-electron chi connectivity index (χ2n) is 6.60. The zero-order valence-electron chi connectivity index (χ0n) is 15.6. The molecule has 1 aromatic heterocycles. The number of amides is 1. The Morgan fingerprint density at radius 2 is 1.79 bits per heavy atom. The fourth-order valence-electron chi connectivity index (χ4n) is 3.31. The molecular formula is C21H20N4O3S. The molecule has 29 heavy (non-hydrogen) atoms. The zero-order chi connectivity index (χ0) is 20.2. The van der Waals surface area contributed by atoms with Crippen LogP contribution in [0.2, 0.25) is 0 Å². The summed E-state index contributed by atoms with van der Waals surface area (Å²) in [5.74, 6) is -1.34. The second kappa shape index (κ2) is 8.42. The summed E-state index contributed by atoms with van der Waals surface area (Å²) in [5.41, 5.74) is 2.65. The number of aromatic carboxylic acids is 1. The molecule has 4 rings (SSSR count). The summed E-state index contributed by atoms with van der Waals surface area (Å²) >= 11 is 1.25. The van der Waals surface area contributed by atoms with Crippen molar-refractivity contribution >= 4 is 34.6 Å². The Morgan fingerprint density at radius 3 is 2.59 bits per heavy atom. The normalized spacial score (nSPS) is 13.9.